The van der Waals surface area contributed by atoms with E-state index in [-0.39, 0.29) is 4.47 Å². The summed E-state index contributed by atoms with van der Waals surface area (Å²) in [6.07, 6.45) is 0. The van der Waals surface area contributed by atoms with Gasteiger partial charge in [-0.15, -0.1) is 0 Å². The van der Waals surface area contributed by atoms with Crippen LogP contribution >= 0.6 is 15.9 Å². The van der Waals surface area contributed by atoms with Crippen LogP contribution in [0.4, 0.5) is 14.5 Å². The normalized spacial score (nSPS) is 11.4. The average molecular weight is 362 g/mol. The molecule has 1 N–H and O–H groups in total. The molecule has 106 valence electrons. The molecule has 20 heavy (non-hydrogen) atoms. The van der Waals surface area contributed by atoms with E-state index in [4.69, 9.17) is 0 Å². The van der Waals surface area contributed by atoms with Gasteiger partial charge in [0.2, 0.25) is 0 Å². The zero-order chi connectivity index (χ0) is 14.9. The maximum Gasteiger partial charge on any atom is 0.265 e. The van der Waals surface area contributed by atoms with Crippen LogP contribution in [0.5, 0.6) is 0 Å². The maximum atomic E-state index is 13.7. The minimum atomic E-state index is -4.14. The summed E-state index contributed by atoms with van der Waals surface area (Å²) in [6.45, 7) is 1.86. The van der Waals surface area contributed by atoms with Crippen LogP contribution in [0.3, 0.4) is 0 Å². The highest BCUT2D eigenvalue weighted by Crippen LogP contribution is 2.28. The Balaban J connectivity index is 2.43. The molecule has 2 aromatic rings. The molecule has 0 aliphatic rings. The van der Waals surface area contributed by atoms with Crippen LogP contribution < -0.4 is 4.72 Å². The number of hydrogen-bond acceptors (Lipinski definition) is 2. The first-order chi connectivity index (χ1) is 9.29. The fourth-order valence-corrected chi connectivity index (χ4v) is 3.84. The Morgan fingerprint density at radius 2 is 1.70 bits per heavy atom. The van der Waals surface area contributed by atoms with Gasteiger partial charge in [0.05, 0.1) is 0 Å². The molecule has 0 heterocycles. The zero-order valence-electron chi connectivity index (χ0n) is 10.3. The number of aryl methyl sites for hydroxylation is 1. The Labute approximate surface area is 123 Å². The van der Waals surface area contributed by atoms with Gasteiger partial charge in [0.1, 0.15) is 16.5 Å². The molecule has 0 saturated heterocycles. The van der Waals surface area contributed by atoms with Crippen molar-refractivity contribution in [2.45, 2.75) is 11.8 Å². The molecule has 0 radical (unpaired) electrons. The Morgan fingerprint density at radius 3 is 2.25 bits per heavy atom. The first kappa shape index (κ1) is 14.9. The summed E-state index contributed by atoms with van der Waals surface area (Å²) in [5.74, 6) is -2.01. The second-order valence-electron chi connectivity index (χ2n) is 4.17. The van der Waals surface area contributed by atoms with Gasteiger partial charge in [-0.1, -0.05) is 17.7 Å². The standard InChI is InChI=1S/C13H10BrF2NO2S/c1-8-2-4-10(5-3-8)17-20(18,19)13-11(14)6-9(15)7-12(13)16/h2-7,17H,1H3. The van der Waals surface area contributed by atoms with Crippen LogP contribution in [0.2, 0.25) is 0 Å². The first-order valence-corrected chi connectivity index (χ1v) is 7.81. The Hall–Kier alpha value is -1.47. The van der Waals surface area contributed by atoms with Crippen LogP contribution in [0.15, 0.2) is 45.8 Å². The third-order valence-electron chi connectivity index (χ3n) is 2.54. The lowest BCUT2D eigenvalue weighted by molar-refractivity contribution is 0.548. The van der Waals surface area contributed by atoms with Crippen LogP contribution in [-0.2, 0) is 10.0 Å². The van der Waals surface area contributed by atoms with Crippen molar-refractivity contribution in [1.29, 1.82) is 0 Å². The highest BCUT2D eigenvalue weighted by atomic mass is 79.9. The fourth-order valence-electron chi connectivity index (χ4n) is 1.61. The lowest BCUT2D eigenvalue weighted by atomic mass is 10.2. The molecule has 0 amide bonds. The van der Waals surface area contributed by atoms with E-state index in [1.165, 1.54) is 0 Å². The average Bonchev–Trinajstić information content (AvgIpc) is 2.30. The van der Waals surface area contributed by atoms with Crippen LogP contribution in [0.25, 0.3) is 0 Å². The van der Waals surface area contributed by atoms with Gasteiger partial charge in [0.25, 0.3) is 10.0 Å². The molecule has 0 bridgehead atoms. The third kappa shape index (κ3) is 3.16. The van der Waals surface area contributed by atoms with E-state index in [1.54, 1.807) is 24.3 Å². The minimum Gasteiger partial charge on any atom is -0.280 e. The smallest absolute Gasteiger partial charge is 0.265 e. The van der Waals surface area contributed by atoms with Gasteiger partial charge in [-0.3, -0.25) is 4.72 Å². The van der Waals surface area contributed by atoms with Crippen molar-refractivity contribution in [1.82, 2.24) is 0 Å². The van der Waals surface area contributed by atoms with E-state index < -0.39 is 26.6 Å². The summed E-state index contributed by atoms with van der Waals surface area (Å²) >= 11 is 2.86. The Kier molecular flexibility index (Phi) is 4.10. The van der Waals surface area contributed by atoms with Gasteiger partial charge in [-0.05, 0) is 41.1 Å². The quantitative estimate of drug-likeness (QED) is 0.902. The van der Waals surface area contributed by atoms with E-state index in [0.717, 1.165) is 11.6 Å². The first-order valence-electron chi connectivity index (χ1n) is 5.53. The molecule has 2 aromatic carbocycles. The van der Waals surface area contributed by atoms with Crippen molar-refractivity contribution in [3.8, 4) is 0 Å². The summed E-state index contributed by atoms with van der Waals surface area (Å²) in [5, 5.41) is 0. The van der Waals surface area contributed by atoms with E-state index in [2.05, 4.69) is 20.7 Å². The largest absolute Gasteiger partial charge is 0.280 e. The number of rotatable bonds is 3. The molecule has 0 aliphatic carbocycles. The molecule has 0 unspecified atom stereocenters. The Bertz CT molecular complexity index is 722. The molecular weight excluding hydrogens is 352 g/mol. The third-order valence-corrected chi connectivity index (χ3v) is 4.88. The molecule has 0 aliphatic heterocycles. The van der Waals surface area contributed by atoms with Gasteiger partial charge in [0.15, 0.2) is 0 Å². The predicted molar refractivity (Wildman–Crippen MR) is 76.0 cm³/mol. The number of hydrogen-bond donors (Lipinski definition) is 1. The fraction of sp³-hybridized carbons (Fsp3) is 0.0769. The van der Waals surface area contributed by atoms with Gasteiger partial charge in [-0.2, -0.15) is 0 Å². The van der Waals surface area contributed by atoms with Crippen molar-refractivity contribution < 1.29 is 17.2 Å². The zero-order valence-corrected chi connectivity index (χ0v) is 12.7. The van der Waals surface area contributed by atoms with Crippen molar-refractivity contribution >= 4 is 31.6 Å². The summed E-state index contributed by atoms with van der Waals surface area (Å²) in [4.78, 5) is -0.625. The van der Waals surface area contributed by atoms with Gasteiger partial charge in [0, 0.05) is 16.2 Å². The number of anilines is 1. The highest BCUT2D eigenvalue weighted by molar-refractivity contribution is 9.10. The van der Waals surface area contributed by atoms with Crippen molar-refractivity contribution in [3.05, 3.63) is 58.1 Å². The van der Waals surface area contributed by atoms with Crippen molar-refractivity contribution in [2.75, 3.05) is 4.72 Å². The molecule has 7 heteroatoms. The number of nitrogens with one attached hydrogen (secondary N) is 1. The summed E-state index contributed by atoms with van der Waals surface area (Å²) in [5.41, 5.74) is 1.26. The van der Waals surface area contributed by atoms with Crippen molar-refractivity contribution in [2.24, 2.45) is 0 Å². The molecule has 0 fully saturated rings. The monoisotopic (exact) mass is 361 g/mol. The molecule has 0 spiro atoms. The van der Waals surface area contributed by atoms with E-state index >= 15 is 0 Å². The Morgan fingerprint density at radius 1 is 1.10 bits per heavy atom. The second kappa shape index (κ2) is 5.49. The number of sulfonamides is 1. The molecule has 0 saturated carbocycles. The topological polar surface area (TPSA) is 46.2 Å². The van der Waals surface area contributed by atoms with Gasteiger partial charge < -0.3 is 0 Å². The van der Waals surface area contributed by atoms with E-state index in [1.807, 2.05) is 6.92 Å². The van der Waals surface area contributed by atoms with E-state index in [0.29, 0.717) is 11.8 Å². The van der Waals surface area contributed by atoms with Crippen LogP contribution in [0.1, 0.15) is 5.56 Å². The SMILES string of the molecule is Cc1ccc(NS(=O)(=O)c2c(F)cc(F)cc2Br)cc1. The van der Waals surface area contributed by atoms with Gasteiger partial charge in [-0.25, -0.2) is 17.2 Å². The number of benzene rings is 2. The lowest BCUT2D eigenvalue weighted by Crippen LogP contribution is -2.15. The summed E-state index contributed by atoms with van der Waals surface area (Å²) < 4.78 is 53.0. The molecular formula is C13H10BrF2NO2S. The maximum absolute atomic E-state index is 13.7. The summed E-state index contributed by atoms with van der Waals surface area (Å²) in [7, 11) is -4.14. The summed E-state index contributed by atoms with van der Waals surface area (Å²) in [6, 6.07) is 7.97. The second-order valence-corrected chi connectivity index (χ2v) is 6.64. The molecule has 0 aromatic heterocycles. The molecule has 3 nitrogen and oxygen atoms in total. The van der Waals surface area contributed by atoms with E-state index in [9.17, 15) is 17.2 Å². The molecule has 0 atom stereocenters. The minimum absolute atomic E-state index is 0.172. The van der Waals surface area contributed by atoms with Crippen molar-refractivity contribution in [3.63, 3.8) is 0 Å². The van der Waals surface area contributed by atoms with Gasteiger partial charge >= 0.3 is 0 Å². The van der Waals surface area contributed by atoms with Crippen LogP contribution in [0, 0.1) is 18.6 Å². The predicted octanol–water partition coefficient (Wildman–Crippen LogP) is 3.84. The lowest BCUT2D eigenvalue weighted by Gasteiger charge is -2.10. The van der Waals surface area contributed by atoms with Crippen LogP contribution in [-0.4, -0.2) is 8.42 Å². The highest BCUT2D eigenvalue weighted by Gasteiger charge is 2.23. The number of halogens is 3. The molecule has 2 rings (SSSR count).